The molecule has 3 aromatic heterocycles. The topological polar surface area (TPSA) is 174 Å². The molecule has 2 amide bonds. The number of carbonyl (C=O) groups excluding carboxylic acids is 3. The summed E-state index contributed by atoms with van der Waals surface area (Å²) in [5.74, 6) is -0.791. The van der Waals surface area contributed by atoms with E-state index in [4.69, 9.17) is 14.9 Å². The summed E-state index contributed by atoms with van der Waals surface area (Å²) < 4.78 is 15.5. The van der Waals surface area contributed by atoms with Crippen molar-refractivity contribution < 1.29 is 23.9 Å². The second-order valence-electron chi connectivity index (χ2n) is 11.0. The Morgan fingerprint density at radius 3 is 2.13 bits per heavy atom. The SMILES string of the molecule is CCn1nc(C)cc1C(=O)NC(=N)N(C/C=C/Cn1c(NC(=O)c2cc(C)nn2CC)nc2cc(C(=O)OC)cc(OC)c21)C(C)C. The summed E-state index contributed by atoms with van der Waals surface area (Å²) in [7, 11) is 2.78. The van der Waals surface area contributed by atoms with E-state index in [2.05, 4.69) is 25.8 Å². The molecule has 3 heterocycles. The van der Waals surface area contributed by atoms with E-state index < -0.39 is 17.8 Å². The van der Waals surface area contributed by atoms with Crippen LogP contribution in [0.4, 0.5) is 5.95 Å². The van der Waals surface area contributed by atoms with Crippen molar-refractivity contribution in [2.45, 2.75) is 67.2 Å². The van der Waals surface area contributed by atoms with Crippen LogP contribution in [-0.2, 0) is 24.4 Å². The Morgan fingerprint density at radius 1 is 0.957 bits per heavy atom. The van der Waals surface area contributed by atoms with E-state index >= 15 is 0 Å². The van der Waals surface area contributed by atoms with E-state index in [9.17, 15) is 14.4 Å². The zero-order valence-electron chi connectivity index (χ0n) is 28.0. The van der Waals surface area contributed by atoms with E-state index in [1.165, 1.54) is 14.2 Å². The minimum Gasteiger partial charge on any atom is -0.494 e. The summed E-state index contributed by atoms with van der Waals surface area (Å²) in [4.78, 5) is 45.1. The van der Waals surface area contributed by atoms with E-state index in [-0.39, 0.29) is 30.1 Å². The van der Waals surface area contributed by atoms with Gasteiger partial charge in [0.1, 0.15) is 22.7 Å². The monoisotopic (exact) mass is 646 g/mol. The molecule has 0 aliphatic carbocycles. The Hall–Kier alpha value is -5.47. The third kappa shape index (κ3) is 7.51. The van der Waals surface area contributed by atoms with Crippen molar-refractivity contribution in [2.75, 3.05) is 26.1 Å². The fourth-order valence-electron chi connectivity index (χ4n) is 5.17. The molecule has 0 bridgehead atoms. The normalized spacial score (nSPS) is 11.3. The highest BCUT2D eigenvalue weighted by Crippen LogP contribution is 2.31. The average molecular weight is 647 g/mol. The molecule has 250 valence electrons. The number of carbonyl (C=O) groups is 3. The lowest BCUT2D eigenvalue weighted by molar-refractivity contribution is 0.0600. The Kier molecular flexibility index (Phi) is 10.8. The molecular weight excluding hydrogens is 604 g/mol. The number of benzene rings is 1. The van der Waals surface area contributed by atoms with Crippen LogP contribution in [0.1, 0.15) is 70.4 Å². The predicted molar refractivity (Wildman–Crippen MR) is 177 cm³/mol. The largest absolute Gasteiger partial charge is 0.494 e. The maximum absolute atomic E-state index is 13.4. The minimum absolute atomic E-state index is 0.0444. The molecule has 0 unspecified atom stereocenters. The lowest BCUT2D eigenvalue weighted by Crippen LogP contribution is -2.47. The number of fused-ring (bicyclic) bond motifs is 1. The molecule has 1 aromatic carbocycles. The van der Waals surface area contributed by atoms with Gasteiger partial charge in [-0.2, -0.15) is 10.2 Å². The van der Waals surface area contributed by atoms with E-state index in [0.717, 1.165) is 5.69 Å². The molecule has 0 saturated heterocycles. The number of imidazole rings is 1. The van der Waals surface area contributed by atoms with Gasteiger partial charge in [0, 0.05) is 32.2 Å². The summed E-state index contributed by atoms with van der Waals surface area (Å²) in [6.45, 7) is 12.9. The van der Waals surface area contributed by atoms with Gasteiger partial charge in [0.15, 0.2) is 5.96 Å². The minimum atomic E-state index is -0.551. The number of allylic oxidation sites excluding steroid dienone is 1. The molecule has 15 nitrogen and oxygen atoms in total. The summed E-state index contributed by atoms with van der Waals surface area (Å²) in [6, 6.07) is 6.44. The van der Waals surface area contributed by atoms with Crippen LogP contribution in [0.15, 0.2) is 36.4 Å². The maximum atomic E-state index is 13.4. The second-order valence-corrected chi connectivity index (χ2v) is 11.0. The van der Waals surface area contributed by atoms with E-state index in [0.29, 0.717) is 53.5 Å². The third-order valence-electron chi connectivity index (χ3n) is 7.44. The highest BCUT2D eigenvalue weighted by atomic mass is 16.5. The van der Waals surface area contributed by atoms with Crippen LogP contribution in [-0.4, -0.2) is 84.6 Å². The molecule has 0 fully saturated rings. The molecule has 0 saturated carbocycles. The molecule has 0 atom stereocenters. The van der Waals surface area contributed by atoms with E-state index in [1.54, 1.807) is 43.1 Å². The summed E-state index contributed by atoms with van der Waals surface area (Å²) >= 11 is 0. The molecule has 4 aromatic rings. The number of aryl methyl sites for hydroxylation is 4. The fourth-order valence-corrected chi connectivity index (χ4v) is 5.17. The molecule has 4 rings (SSSR count). The first kappa shape index (κ1) is 34.4. The lowest BCUT2D eigenvalue weighted by atomic mass is 10.2. The number of rotatable bonds is 12. The molecule has 15 heteroatoms. The van der Waals surface area contributed by atoms with Crippen LogP contribution < -0.4 is 15.4 Å². The van der Waals surface area contributed by atoms with Gasteiger partial charge in [-0.25, -0.2) is 9.78 Å². The fraction of sp³-hybridized carbons (Fsp3) is 0.406. The highest BCUT2D eigenvalue weighted by molar-refractivity contribution is 6.05. The van der Waals surface area contributed by atoms with Crippen molar-refractivity contribution in [3.8, 4) is 5.75 Å². The maximum Gasteiger partial charge on any atom is 0.338 e. The number of guanidine groups is 1. The number of hydrogen-bond donors (Lipinski definition) is 3. The predicted octanol–water partition coefficient (Wildman–Crippen LogP) is 3.76. The molecule has 47 heavy (non-hydrogen) atoms. The zero-order valence-corrected chi connectivity index (χ0v) is 28.0. The second kappa shape index (κ2) is 14.7. The quantitative estimate of drug-likeness (QED) is 0.0896. The molecule has 0 spiro atoms. The Labute approximate surface area is 273 Å². The Morgan fingerprint density at radius 2 is 1.57 bits per heavy atom. The average Bonchev–Trinajstić information content (AvgIpc) is 3.73. The first-order valence-electron chi connectivity index (χ1n) is 15.3. The van der Waals surface area contributed by atoms with Crippen LogP contribution in [0, 0.1) is 19.3 Å². The van der Waals surface area contributed by atoms with Crippen molar-refractivity contribution >= 4 is 40.7 Å². The Balaban J connectivity index is 1.61. The van der Waals surface area contributed by atoms with Crippen LogP contribution in [0.2, 0.25) is 0 Å². The first-order chi connectivity index (χ1) is 22.4. The number of nitrogens with zero attached hydrogens (tertiary/aromatic N) is 7. The summed E-state index contributed by atoms with van der Waals surface area (Å²) in [5.41, 5.74) is 3.43. The summed E-state index contributed by atoms with van der Waals surface area (Å²) in [5, 5.41) is 22.9. The van der Waals surface area contributed by atoms with Crippen molar-refractivity contribution in [1.82, 2.24) is 39.3 Å². The van der Waals surface area contributed by atoms with Crippen LogP contribution in [0.5, 0.6) is 5.75 Å². The number of aromatic nitrogens is 6. The first-order valence-corrected chi connectivity index (χ1v) is 15.3. The van der Waals surface area contributed by atoms with Crippen molar-refractivity contribution in [1.29, 1.82) is 5.41 Å². The van der Waals surface area contributed by atoms with Gasteiger partial charge in [-0.15, -0.1) is 0 Å². The van der Waals surface area contributed by atoms with Crippen LogP contribution in [0.25, 0.3) is 11.0 Å². The van der Waals surface area contributed by atoms with Gasteiger partial charge >= 0.3 is 5.97 Å². The zero-order chi connectivity index (χ0) is 34.4. The summed E-state index contributed by atoms with van der Waals surface area (Å²) in [6.07, 6.45) is 3.73. The highest BCUT2D eigenvalue weighted by Gasteiger charge is 2.22. The molecule has 0 aliphatic heterocycles. The smallest absolute Gasteiger partial charge is 0.338 e. The number of hydrogen-bond acceptors (Lipinski definition) is 9. The Bertz CT molecular complexity index is 1830. The standard InChI is InChI=1S/C32H42N10O5/c1-9-41-24(15-20(5)37-41)28(43)35-31(33)39(19(3)4)13-11-12-14-40-27-23(17-22(30(45)47-8)18-26(27)46-7)34-32(40)36-29(44)25-16-21(6)38-42(25)10-2/h11-12,15-19H,9-10,13-14H2,1-8H3,(H2,33,35,43)(H,34,36,44)/b12-11+. The van der Waals surface area contributed by atoms with Gasteiger partial charge in [0.25, 0.3) is 11.8 Å². The number of esters is 1. The van der Waals surface area contributed by atoms with Gasteiger partial charge in [-0.1, -0.05) is 12.2 Å². The van der Waals surface area contributed by atoms with Crippen molar-refractivity contribution in [3.05, 3.63) is 64.8 Å². The number of nitrogens with one attached hydrogen (secondary N) is 3. The van der Waals surface area contributed by atoms with Gasteiger partial charge in [0.05, 0.1) is 36.7 Å². The molecule has 3 N–H and O–H groups in total. The lowest BCUT2D eigenvalue weighted by Gasteiger charge is -2.27. The van der Waals surface area contributed by atoms with Gasteiger partial charge in [-0.05, 0) is 65.8 Å². The van der Waals surface area contributed by atoms with Gasteiger partial charge in [-0.3, -0.25) is 35.0 Å². The number of anilines is 1. The third-order valence-corrected chi connectivity index (χ3v) is 7.44. The number of methoxy groups -OCH3 is 2. The number of amides is 2. The van der Waals surface area contributed by atoms with Crippen molar-refractivity contribution in [3.63, 3.8) is 0 Å². The van der Waals surface area contributed by atoms with Crippen LogP contribution in [0.3, 0.4) is 0 Å². The van der Waals surface area contributed by atoms with Gasteiger partial charge < -0.3 is 18.9 Å². The molecule has 0 aliphatic rings. The van der Waals surface area contributed by atoms with Gasteiger partial charge in [0.2, 0.25) is 5.95 Å². The van der Waals surface area contributed by atoms with Crippen molar-refractivity contribution in [2.24, 2.45) is 0 Å². The number of ether oxygens (including phenoxy) is 2. The molecular formula is C32H42N10O5. The van der Waals surface area contributed by atoms with E-state index in [1.807, 2.05) is 53.7 Å². The molecule has 0 radical (unpaired) electrons. The van der Waals surface area contributed by atoms with Crippen LogP contribution >= 0.6 is 0 Å².